The molecule has 0 aliphatic heterocycles. The van der Waals surface area contributed by atoms with E-state index in [-0.39, 0.29) is 5.82 Å². The number of nitrogens with two attached hydrogens (primary N) is 1. The summed E-state index contributed by atoms with van der Waals surface area (Å²) in [5, 5.41) is 7.51. The third kappa shape index (κ3) is 2.52. The molecule has 0 radical (unpaired) electrons. The molecule has 3 aromatic rings. The minimum Gasteiger partial charge on any atom is -0.382 e. The summed E-state index contributed by atoms with van der Waals surface area (Å²) in [7, 11) is 0. The highest BCUT2D eigenvalue weighted by molar-refractivity contribution is 6.32. The van der Waals surface area contributed by atoms with Gasteiger partial charge < -0.3 is 11.1 Å². The summed E-state index contributed by atoms with van der Waals surface area (Å²) in [6.45, 7) is 0. The van der Waals surface area contributed by atoms with Crippen molar-refractivity contribution in [1.82, 2.24) is 24.7 Å². The fraction of sp³-hybridized carbons (Fsp3) is 0. The van der Waals surface area contributed by atoms with Gasteiger partial charge in [0.05, 0.1) is 24.3 Å². The number of nitrogen functional groups attached to an aromatic ring is 1. The van der Waals surface area contributed by atoms with E-state index in [0.29, 0.717) is 11.0 Å². The van der Waals surface area contributed by atoms with Crippen molar-refractivity contribution in [3.05, 3.63) is 48.0 Å². The minimum absolute atomic E-state index is 0.223. The van der Waals surface area contributed by atoms with Gasteiger partial charge in [-0.1, -0.05) is 17.7 Å². The number of nitrogens with one attached hydrogen (secondary N) is 1. The van der Waals surface area contributed by atoms with Gasteiger partial charge in [-0.2, -0.15) is 10.1 Å². The van der Waals surface area contributed by atoms with Gasteiger partial charge in [0.1, 0.15) is 10.8 Å². The maximum Gasteiger partial charge on any atom is 0.229 e. The molecule has 7 nitrogen and oxygen atoms in total. The van der Waals surface area contributed by atoms with Crippen molar-refractivity contribution in [2.75, 3.05) is 11.1 Å². The first-order valence-electron chi connectivity index (χ1n) is 5.73. The summed E-state index contributed by atoms with van der Waals surface area (Å²) in [5.74, 6) is 1.30. The molecule has 0 spiro atoms. The smallest absolute Gasteiger partial charge is 0.229 e. The van der Waals surface area contributed by atoms with E-state index in [1.807, 2.05) is 18.2 Å². The molecule has 0 aliphatic carbocycles. The number of aromatic nitrogens is 5. The van der Waals surface area contributed by atoms with Crippen LogP contribution in [0.25, 0.3) is 5.82 Å². The van der Waals surface area contributed by atoms with Crippen LogP contribution in [-0.4, -0.2) is 24.7 Å². The lowest BCUT2D eigenvalue weighted by atomic mass is 10.5. The van der Waals surface area contributed by atoms with Crippen LogP contribution in [0.3, 0.4) is 0 Å². The quantitative estimate of drug-likeness (QED) is 0.765. The number of hydrogen-bond acceptors (Lipinski definition) is 6. The number of halogens is 1. The molecule has 0 aromatic carbocycles. The van der Waals surface area contributed by atoms with Crippen LogP contribution in [0.4, 0.5) is 17.5 Å². The van der Waals surface area contributed by atoms with E-state index in [2.05, 4.69) is 25.4 Å². The molecule has 0 atom stereocenters. The highest BCUT2D eigenvalue weighted by Gasteiger charge is 2.05. The molecule has 0 amide bonds. The molecule has 0 saturated heterocycles. The average Bonchev–Trinajstić information content (AvgIpc) is 2.92. The van der Waals surface area contributed by atoms with E-state index in [4.69, 9.17) is 17.3 Å². The molecule has 100 valence electrons. The molecule has 3 heterocycles. The van der Waals surface area contributed by atoms with Gasteiger partial charge in [-0.25, -0.2) is 14.6 Å². The van der Waals surface area contributed by atoms with Crippen molar-refractivity contribution in [2.24, 2.45) is 0 Å². The monoisotopic (exact) mass is 287 g/mol. The Balaban J connectivity index is 1.82. The Morgan fingerprint density at radius 1 is 1.20 bits per heavy atom. The van der Waals surface area contributed by atoms with Gasteiger partial charge in [0.2, 0.25) is 5.95 Å². The molecule has 0 bridgehead atoms. The topological polar surface area (TPSA) is 94.5 Å². The van der Waals surface area contributed by atoms with E-state index < -0.39 is 0 Å². The lowest BCUT2D eigenvalue weighted by Crippen LogP contribution is -2.00. The summed E-state index contributed by atoms with van der Waals surface area (Å²) in [6.07, 6.45) is 6.56. The van der Waals surface area contributed by atoms with Crippen molar-refractivity contribution < 1.29 is 0 Å². The van der Waals surface area contributed by atoms with Gasteiger partial charge >= 0.3 is 0 Å². The van der Waals surface area contributed by atoms with Gasteiger partial charge in [-0.05, 0) is 12.1 Å². The van der Waals surface area contributed by atoms with E-state index in [1.54, 1.807) is 23.3 Å². The Hall–Kier alpha value is -2.67. The summed E-state index contributed by atoms with van der Waals surface area (Å²) < 4.78 is 1.64. The Bertz CT molecular complexity index is 726. The van der Waals surface area contributed by atoms with Crippen LogP contribution in [0.2, 0.25) is 5.02 Å². The van der Waals surface area contributed by atoms with Gasteiger partial charge in [-0.3, -0.25) is 0 Å². The zero-order chi connectivity index (χ0) is 13.9. The Labute approximate surface area is 119 Å². The number of anilines is 3. The SMILES string of the molecule is Nc1nc(Nc2cnn(-c3ccccn3)c2)ncc1Cl. The highest BCUT2D eigenvalue weighted by atomic mass is 35.5. The van der Waals surface area contributed by atoms with E-state index in [9.17, 15) is 0 Å². The first kappa shape index (κ1) is 12.4. The van der Waals surface area contributed by atoms with Crippen LogP contribution < -0.4 is 11.1 Å². The minimum atomic E-state index is 0.223. The molecular formula is C12H10ClN7. The predicted molar refractivity (Wildman–Crippen MR) is 76.1 cm³/mol. The third-order valence-corrected chi connectivity index (χ3v) is 2.79. The van der Waals surface area contributed by atoms with Crippen molar-refractivity contribution in [3.63, 3.8) is 0 Å². The van der Waals surface area contributed by atoms with Crippen molar-refractivity contribution in [1.29, 1.82) is 0 Å². The molecule has 3 aromatic heterocycles. The fourth-order valence-corrected chi connectivity index (χ4v) is 1.66. The van der Waals surface area contributed by atoms with Crippen molar-refractivity contribution in [2.45, 2.75) is 0 Å². The first-order valence-corrected chi connectivity index (χ1v) is 6.11. The number of hydrogen-bond donors (Lipinski definition) is 2. The normalized spacial score (nSPS) is 10.4. The maximum absolute atomic E-state index is 5.77. The zero-order valence-corrected chi connectivity index (χ0v) is 11.0. The first-order chi connectivity index (χ1) is 9.72. The summed E-state index contributed by atoms with van der Waals surface area (Å²) in [4.78, 5) is 12.2. The molecular weight excluding hydrogens is 278 g/mol. The number of pyridine rings is 1. The van der Waals surface area contributed by atoms with Gasteiger partial charge in [0, 0.05) is 6.20 Å². The third-order valence-electron chi connectivity index (χ3n) is 2.49. The highest BCUT2D eigenvalue weighted by Crippen LogP contribution is 2.18. The van der Waals surface area contributed by atoms with Crippen LogP contribution in [-0.2, 0) is 0 Å². The molecule has 0 aliphatic rings. The van der Waals surface area contributed by atoms with Crippen LogP contribution in [0.15, 0.2) is 43.0 Å². The van der Waals surface area contributed by atoms with Crippen LogP contribution >= 0.6 is 11.6 Å². The maximum atomic E-state index is 5.77. The standard InChI is InChI=1S/C12H10ClN7/c13-9-6-16-12(19-11(9)14)18-8-5-17-20(7-8)10-3-1-2-4-15-10/h1-7H,(H3,14,16,18,19). The summed E-state index contributed by atoms with van der Waals surface area (Å²) in [5.41, 5.74) is 6.34. The Morgan fingerprint density at radius 3 is 2.85 bits per heavy atom. The molecule has 0 unspecified atom stereocenters. The van der Waals surface area contributed by atoms with Crippen molar-refractivity contribution >= 4 is 29.1 Å². The van der Waals surface area contributed by atoms with Crippen LogP contribution in [0.5, 0.6) is 0 Å². The fourth-order valence-electron chi connectivity index (χ4n) is 1.57. The molecule has 3 rings (SSSR count). The van der Waals surface area contributed by atoms with Gasteiger partial charge in [0.15, 0.2) is 5.82 Å². The lowest BCUT2D eigenvalue weighted by molar-refractivity contribution is 0.847. The second-order valence-corrected chi connectivity index (χ2v) is 4.32. The van der Waals surface area contributed by atoms with Crippen molar-refractivity contribution in [3.8, 4) is 5.82 Å². The predicted octanol–water partition coefficient (Wildman–Crippen LogP) is 2.04. The number of rotatable bonds is 3. The Kier molecular flexibility index (Phi) is 3.18. The van der Waals surface area contributed by atoms with E-state index in [1.165, 1.54) is 6.20 Å². The van der Waals surface area contributed by atoms with Crippen LogP contribution in [0, 0.1) is 0 Å². The lowest BCUT2D eigenvalue weighted by Gasteiger charge is -2.03. The van der Waals surface area contributed by atoms with Gasteiger partial charge in [-0.15, -0.1) is 0 Å². The molecule has 0 saturated carbocycles. The van der Waals surface area contributed by atoms with E-state index in [0.717, 1.165) is 11.5 Å². The molecule has 0 fully saturated rings. The summed E-state index contributed by atoms with van der Waals surface area (Å²) >= 11 is 5.77. The van der Waals surface area contributed by atoms with Crippen LogP contribution in [0.1, 0.15) is 0 Å². The second-order valence-electron chi connectivity index (χ2n) is 3.91. The summed E-state index contributed by atoms with van der Waals surface area (Å²) in [6, 6.07) is 5.59. The molecule has 8 heteroatoms. The number of nitrogens with zero attached hydrogens (tertiary/aromatic N) is 5. The molecule has 3 N–H and O–H groups in total. The largest absolute Gasteiger partial charge is 0.382 e. The van der Waals surface area contributed by atoms with E-state index >= 15 is 0 Å². The average molecular weight is 288 g/mol. The van der Waals surface area contributed by atoms with Gasteiger partial charge in [0.25, 0.3) is 0 Å². The zero-order valence-electron chi connectivity index (χ0n) is 10.2. The molecule has 20 heavy (non-hydrogen) atoms. The second kappa shape index (κ2) is 5.14. The Morgan fingerprint density at radius 2 is 2.10 bits per heavy atom.